The molecular weight excluding hydrogens is 461 g/mol. The first-order chi connectivity index (χ1) is 12.6. The van der Waals surface area contributed by atoms with Gasteiger partial charge in [-0.05, 0) is 43.5 Å². The van der Waals surface area contributed by atoms with Crippen LogP contribution in [0.4, 0.5) is 0 Å². The third-order valence-electron chi connectivity index (χ3n) is 4.29. The van der Waals surface area contributed by atoms with Gasteiger partial charge in [0, 0.05) is 19.6 Å². The number of nitrogens with one attached hydrogen (secondary N) is 1. The van der Waals surface area contributed by atoms with Gasteiger partial charge in [-0.2, -0.15) is 4.98 Å². The third kappa shape index (κ3) is 5.02. The van der Waals surface area contributed by atoms with Crippen molar-refractivity contribution < 1.29 is 14.0 Å². The quantitative estimate of drug-likeness (QED) is 0.394. The van der Waals surface area contributed by atoms with Gasteiger partial charge in [0.15, 0.2) is 23.3 Å². The molecule has 1 aliphatic rings. The lowest BCUT2D eigenvalue weighted by Crippen LogP contribution is -2.44. The second-order valence-electron chi connectivity index (χ2n) is 6.05. The number of aryl methyl sites for hydroxylation is 1. The minimum Gasteiger partial charge on any atom is -0.493 e. The van der Waals surface area contributed by atoms with Gasteiger partial charge in [-0.15, -0.1) is 24.0 Å². The Kier molecular flexibility index (Phi) is 7.69. The molecule has 0 fully saturated rings. The van der Waals surface area contributed by atoms with Crippen molar-refractivity contribution in [1.29, 1.82) is 0 Å². The highest BCUT2D eigenvalue weighted by molar-refractivity contribution is 14.0. The number of nitrogens with zero attached hydrogens (tertiary/aromatic N) is 4. The van der Waals surface area contributed by atoms with Gasteiger partial charge in [-0.25, -0.2) is 4.99 Å². The van der Waals surface area contributed by atoms with Crippen LogP contribution in [-0.2, 0) is 19.5 Å². The van der Waals surface area contributed by atoms with E-state index in [1.807, 2.05) is 6.07 Å². The van der Waals surface area contributed by atoms with Crippen molar-refractivity contribution in [3.05, 3.63) is 35.0 Å². The molecule has 0 saturated heterocycles. The summed E-state index contributed by atoms with van der Waals surface area (Å²) in [7, 11) is 3.32. The van der Waals surface area contributed by atoms with E-state index < -0.39 is 0 Å². The molecule has 9 heteroatoms. The molecule has 0 radical (unpaired) electrons. The van der Waals surface area contributed by atoms with E-state index in [-0.39, 0.29) is 24.0 Å². The van der Waals surface area contributed by atoms with Gasteiger partial charge in [0.2, 0.25) is 5.89 Å². The number of aliphatic imine (C=N–C) groups is 1. The molecule has 0 aliphatic carbocycles. The van der Waals surface area contributed by atoms with Crippen LogP contribution in [-0.4, -0.2) is 48.3 Å². The molecule has 1 N–H and O–H groups in total. The van der Waals surface area contributed by atoms with Gasteiger partial charge in [0.1, 0.15) is 6.54 Å². The Morgan fingerprint density at radius 2 is 1.96 bits per heavy atom. The fourth-order valence-electron chi connectivity index (χ4n) is 3.04. The number of halogens is 1. The van der Waals surface area contributed by atoms with Crippen molar-refractivity contribution in [2.45, 2.75) is 33.4 Å². The second-order valence-corrected chi connectivity index (χ2v) is 6.05. The lowest BCUT2D eigenvalue weighted by molar-refractivity contribution is 0.345. The average molecular weight is 487 g/mol. The summed E-state index contributed by atoms with van der Waals surface area (Å²) in [4.78, 5) is 11.1. The minimum absolute atomic E-state index is 0. The van der Waals surface area contributed by atoms with E-state index in [0.717, 1.165) is 43.5 Å². The smallest absolute Gasteiger partial charge is 0.248 e. The maximum Gasteiger partial charge on any atom is 0.248 e. The molecule has 0 amide bonds. The van der Waals surface area contributed by atoms with Crippen LogP contribution in [0.3, 0.4) is 0 Å². The van der Waals surface area contributed by atoms with Crippen molar-refractivity contribution in [2.75, 3.05) is 27.3 Å². The van der Waals surface area contributed by atoms with Crippen LogP contribution in [0.2, 0.25) is 0 Å². The topological polar surface area (TPSA) is 85.0 Å². The summed E-state index contributed by atoms with van der Waals surface area (Å²) in [5.41, 5.74) is 2.50. The average Bonchev–Trinajstić information content (AvgIpc) is 3.08. The number of hydrogen-bond donors (Lipinski definition) is 1. The van der Waals surface area contributed by atoms with Gasteiger partial charge in [0.25, 0.3) is 0 Å². The Bertz CT molecular complexity index is 793. The molecule has 2 heterocycles. The monoisotopic (exact) mass is 487 g/mol. The number of rotatable bonds is 5. The number of benzene rings is 1. The maximum absolute atomic E-state index is 5.44. The normalized spacial score (nSPS) is 13.6. The number of guanidine groups is 1. The highest BCUT2D eigenvalue weighted by Crippen LogP contribution is 2.33. The highest BCUT2D eigenvalue weighted by atomic mass is 127. The van der Waals surface area contributed by atoms with Gasteiger partial charge >= 0.3 is 0 Å². The Balaban J connectivity index is 0.00000261. The first-order valence-electron chi connectivity index (χ1n) is 8.70. The molecule has 1 aromatic heterocycles. The van der Waals surface area contributed by atoms with Crippen molar-refractivity contribution in [3.8, 4) is 11.5 Å². The van der Waals surface area contributed by atoms with Crippen LogP contribution < -0.4 is 14.8 Å². The molecule has 27 heavy (non-hydrogen) atoms. The summed E-state index contributed by atoms with van der Waals surface area (Å²) in [6.07, 6.45) is 0.916. The number of aromatic nitrogens is 2. The molecule has 3 rings (SSSR count). The van der Waals surface area contributed by atoms with Gasteiger partial charge in [-0.1, -0.05) is 5.16 Å². The lowest BCUT2D eigenvalue weighted by atomic mass is 9.99. The fourth-order valence-corrected chi connectivity index (χ4v) is 3.04. The molecule has 0 atom stereocenters. The molecule has 1 aliphatic heterocycles. The lowest BCUT2D eigenvalue weighted by Gasteiger charge is -2.32. The van der Waals surface area contributed by atoms with Gasteiger partial charge in [-0.3, -0.25) is 0 Å². The third-order valence-corrected chi connectivity index (χ3v) is 4.29. The van der Waals surface area contributed by atoms with Crippen LogP contribution in [0.5, 0.6) is 11.5 Å². The largest absolute Gasteiger partial charge is 0.493 e. The first kappa shape index (κ1) is 21.3. The number of fused-ring (bicyclic) bond motifs is 1. The van der Waals surface area contributed by atoms with Crippen LogP contribution in [0, 0.1) is 6.92 Å². The van der Waals surface area contributed by atoms with E-state index in [1.165, 1.54) is 11.1 Å². The van der Waals surface area contributed by atoms with Crippen molar-refractivity contribution in [2.24, 2.45) is 4.99 Å². The molecule has 0 bridgehead atoms. The van der Waals surface area contributed by atoms with Crippen molar-refractivity contribution in [1.82, 2.24) is 20.4 Å². The Morgan fingerprint density at radius 1 is 1.26 bits per heavy atom. The molecule has 0 saturated carbocycles. The van der Waals surface area contributed by atoms with E-state index in [9.17, 15) is 0 Å². The zero-order chi connectivity index (χ0) is 18.5. The van der Waals surface area contributed by atoms with E-state index in [4.69, 9.17) is 14.0 Å². The Morgan fingerprint density at radius 3 is 2.56 bits per heavy atom. The predicted molar refractivity (Wildman–Crippen MR) is 113 cm³/mol. The Hall–Kier alpha value is -2.04. The van der Waals surface area contributed by atoms with Gasteiger partial charge < -0.3 is 24.2 Å². The van der Waals surface area contributed by atoms with E-state index in [2.05, 4.69) is 38.3 Å². The van der Waals surface area contributed by atoms with Crippen LogP contribution >= 0.6 is 24.0 Å². The summed E-state index contributed by atoms with van der Waals surface area (Å²) >= 11 is 0. The molecule has 1 aromatic carbocycles. The molecule has 2 aromatic rings. The summed E-state index contributed by atoms with van der Waals surface area (Å²) in [5.74, 6) is 3.49. The molecule has 0 unspecified atom stereocenters. The second kappa shape index (κ2) is 9.77. The van der Waals surface area contributed by atoms with Crippen LogP contribution in [0.1, 0.15) is 29.8 Å². The molecular formula is C18H26IN5O3. The predicted octanol–water partition coefficient (Wildman–Crippen LogP) is 2.54. The van der Waals surface area contributed by atoms with E-state index in [1.54, 1.807) is 21.1 Å². The van der Waals surface area contributed by atoms with Crippen molar-refractivity contribution in [3.63, 3.8) is 0 Å². The minimum atomic E-state index is 0. The van der Waals surface area contributed by atoms with Crippen molar-refractivity contribution >= 4 is 29.9 Å². The first-order valence-corrected chi connectivity index (χ1v) is 8.70. The maximum atomic E-state index is 5.44. The zero-order valence-corrected chi connectivity index (χ0v) is 18.4. The standard InChI is InChI=1S/C18H25N5O3.HI/c1-5-19-18(20-10-17-21-12(2)22-26-17)23-7-6-13-8-15(24-3)16(25-4)9-14(13)11-23;/h8-9H,5-7,10-11H2,1-4H3,(H,19,20);1H. The van der Waals surface area contributed by atoms with Crippen LogP contribution in [0.15, 0.2) is 21.6 Å². The SMILES string of the molecule is CCNC(=NCc1nc(C)no1)N1CCc2cc(OC)c(OC)cc2C1.I. The van der Waals surface area contributed by atoms with E-state index >= 15 is 0 Å². The summed E-state index contributed by atoms with van der Waals surface area (Å²) in [6, 6.07) is 4.11. The Labute approximate surface area is 176 Å². The molecule has 0 spiro atoms. The highest BCUT2D eigenvalue weighted by Gasteiger charge is 2.21. The summed E-state index contributed by atoms with van der Waals surface area (Å²) < 4.78 is 16.0. The zero-order valence-electron chi connectivity index (χ0n) is 16.1. The summed E-state index contributed by atoms with van der Waals surface area (Å²) in [6.45, 7) is 6.63. The fraction of sp³-hybridized carbons (Fsp3) is 0.500. The van der Waals surface area contributed by atoms with Crippen LogP contribution in [0.25, 0.3) is 0 Å². The number of hydrogen-bond acceptors (Lipinski definition) is 6. The number of ether oxygens (including phenoxy) is 2. The molecule has 148 valence electrons. The van der Waals surface area contributed by atoms with E-state index in [0.29, 0.717) is 18.3 Å². The van der Waals surface area contributed by atoms with Gasteiger partial charge in [0.05, 0.1) is 14.2 Å². The summed E-state index contributed by atoms with van der Waals surface area (Å²) in [5, 5.41) is 7.14. The molecule has 8 nitrogen and oxygen atoms in total. The number of methoxy groups -OCH3 is 2.